The fourth-order valence-corrected chi connectivity index (χ4v) is 6.66. The number of halogens is 3. The van der Waals surface area contributed by atoms with Gasteiger partial charge in [0.15, 0.2) is 0 Å². The summed E-state index contributed by atoms with van der Waals surface area (Å²) in [5.74, 6) is -0.987. The Hall–Kier alpha value is -3.56. The SMILES string of the molecule is CC(C)(C)NC(=O)[C@@H](Cc1ccccc1)N(Cc1cccc(Cl)c1)C(=O)CN(c1ccc(Cl)c(Cl)c1)S(=O)(=O)c1ccccc1. The molecule has 7 nitrogen and oxygen atoms in total. The lowest BCUT2D eigenvalue weighted by molar-refractivity contribution is -0.140. The minimum absolute atomic E-state index is 0.00491. The summed E-state index contributed by atoms with van der Waals surface area (Å²) in [5.41, 5.74) is 1.04. The summed E-state index contributed by atoms with van der Waals surface area (Å²) < 4.78 is 29.1. The van der Waals surface area contributed by atoms with Crippen LogP contribution in [0.2, 0.25) is 15.1 Å². The van der Waals surface area contributed by atoms with Crippen LogP contribution in [0.1, 0.15) is 31.9 Å². The molecule has 236 valence electrons. The van der Waals surface area contributed by atoms with Crippen molar-refractivity contribution in [1.82, 2.24) is 10.2 Å². The van der Waals surface area contributed by atoms with Crippen LogP contribution >= 0.6 is 34.8 Å². The van der Waals surface area contributed by atoms with E-state index < -0.39 is 34.1 Å². The smallest absolute Gasteiger partial charge is 0.264 e. The van der Waals surface area contributed by atoms with E-state index in [1.165, 1.54) is 35.2 Å². The molecule has 0 heterocycles. The highest BCUT2D eigenvalue weighted by Gasteiger charge is 2.35. The van der Waals surface area contributed by atoms with E-state index in [1.54, 1.807) is 42.5 Å². The summed E-state index contributed by atoms with van der Waals surface area (Å²) in [7, 11) is -4.26. The Balaban J connectivity index is 1.83. The molecule has 4 aromatic carbocycles. The summed E-state index contributed by atoms with van der Waals surface area (Å²) in [5, 5.41) is 3.82. The van der Waals surface area contributed by atoms with Crippen molar-refractivity contribution in [3.63, 3.8) is 0 Å². The van der Waals surface area contributed by atoms with Gasteiger partial charge in [-0.15, -0.1) is 0 Å². The normalized spacial score (nSPS) is 12.3. The molecule has 0 fully saturated rings. The average molecular weight is 687 g/mol. The predicted molar refractivity (Wildman–Crippen MR) is 181 cm³/mol. The van der Waals surface area contributed by atoms with Gasteiger partial charge >= 0.3 is 0 Å². The summed E-state index contributed by atoms with van der Waals surface area (Å²) in [4.78, 5) is 29.8. The van der Waals surface area contributed by atoms with E-state index in [0.717, 1.165) is 9.87 Å². The molecule has 0 aromatic heterocycles. The minimum Gasteiger partial charge on any atom is -0.350 e. The highest BCUT2D eigenvalue weighted by atomic mass is 35.5. The van der Waals surface area contributed by atoms with E-state index in [4.69, 9.17) is 34.8 Å². The van der Waals surface area contributed by atoms with Crippen LogP contribution in [0.15, 0.2) is 108 Å². The Labute approximate surface area is 279 Å². The number of rotatable bonds is 11. The van der Waals surface area contributed by atoms with Crippen molar-refractivity contribution in [2.24, 2.45) is 0 Å². The lowest BCUT2D eigenvalue weighted by atomic mass is 10.0. The lowest BCUT2D eigenvalue weighted by Crippen LogP contribution is -2.56. The molecule has 4 aromatic rings. The molecule has 2 amide bonds. The van der Waals surface area contributed by atoms with E-state index in [2.05, 4.69) is 5.32 Å². The van der Waals surface area contributed by atoms with Gasteiger partial charge in [0.2, 0.25) is 11.8 Å². The number of hydrogen-bond donors (Lipinski definition) is 1. The molecule has 1 N–H and O–H groups in total. The second kappa shape index (κ2) is 14.7. The first kappa shape index (κ1) is 34.3. The topological polar surface area (TPSA) is 86.8 Å². The van der Waals surface area contributed by atoms with Crippen LogP contribution in [0.4, 0.5) is 5.69 Å². The summed E-state index contributed by atoms with van der Waals surface area (Å²) in [6.07, 6.45) is 0.188. The van der Waals surface area contributed by atoms with Gasteiger partial charge in [0.05, 0.1) is 20.6 Å². The van der Waals surface area contributed by atoms with Crippen LogP contribution in [0, 0.1) is 0 Å². The van der Waals surface area contributed by atoms with E-state index in [0.29, 0.717) is 10.6 Å². The first-order valence-corrected chi connectivity index (χ1v) is 16.7. The summed E-state index contributed by atoms with van der Waals surface area (Å²) in [6.45, 7) is 4.93. The molecule has 0 aliphatic carbocycles. The number of anilines is 1. The van der Waals surface area contributed by atoms with E-state index in [1.807, 2.05) is 51.1 Å². The van der Waals surface area contributed by atoms with Crippen LogP contribution in [-0.4, -0.2) is 43.3 Å². The van der Waals surface area contributed by atoms with Crippen LogP contribution < -0.4 is 9.62 Å². The van der Waals surface area contributed by atoms with Gasteiger partial charge in [-0.1, -0.05) is 95.5 Å². The van der Waals surface area contributed by atoms with Crippen molar-refractivity contribution in [3.05, 3.63) is 129 Å². The molecule has 0 aliphatic rings. The monoisotopic (exact) mass is 685 g/mol. The van der Waals surface area contributed by atoms with Gasteiger partial charge in [-0.3, -0.25) is 13.9 Å². The highest BCUT2D eigenvalue weighted by molar-refractivity contribution is 7.92. The highest BCUT2D eigenvalue weighted by Crippen LogP contribution is 2.31. The molecule has 4 rings (SSSR count). The number of nitrogens with zero attached hydrogens (tertiary/aromatic N) is 2. The zero-order chi connectivity index (χ0) is 32.8. The van der Waals surface area contributed by atoms with Crippen LogP contribution in [0.5, 0.6) is 0 Å². The van der Waals surface area contributed by atoms with Crippen molar-refractivity contribution in [3.8, 4) is 0 Å². The Morgan fingerprint density at radius 1 is 0.778 bits per heavy atom. The molecule has 0 spiro atoms. The van der Waals surface area contributed by atoms with Gasteiger partial charge in [0.1, 0.15) is 12.6 Å². The molecular formula is C34H34Cl3N3O4S. The van der Waals surface area contributed by atoms with Gasteiger partial charge in [-0.05, 0) is 74.4 Å². The van der Waals surface area contributed by atoms with Gasteiger partial charge in [-0.25, -0.2) is 8.42 Å². The fraction of sp³-hybridized carbons (Fsp3) is 0.235. The fourth-order valence-electron chi connectivity index (χ4n) is 4.73. The van der Waals surface area contributed by atoms with Crippen LogP contribution in [0.25, 0.3) is 0 Å². The standard InChI is InChI=1S/C34H34Cl3N3O4S/c1-34(2,3)38-33(42)31(20-24-11-6-4-7-12-24)39(22-25-13-10-14-26(35)19-25)32(41)23-40(27-17-18-29(36)30(37)21-27)45(43,44)28-15-8-5-9-16-28/h4-19,21,31H,20,22-23H2,1-3H3,(H,38,42)/t31-/m1/s1. The molecule has 45 heavy (non-hydrogen) atoms. The van der Waals surface area contributed by atoms with Gasteiger partial charge in [0.25, 0.3) is 10.0 Å². The molecule has 0 bridgehead atoms. The zero-order valence-electron chi connectivity index (χ0n) is 25.1. The van der Waals surface area contributed by atoms with Gasteiger partial charge in [-0.2, -0.15) is 0 Å². The third-order valence-corrected chi connectivity index (χ3v) is 9.57. The summed E-state index contributed by atoms with van der Waals surface area (Å²) in [6, 6.07) is 27.4. The third-order valence-electron chi connectivity index (χ3n) is 6.81. The van der Waals surface area contributed by atoms with Crippen molar-refractivity contribution < 1.29 is 18.0 Å². The number of amides is 2. The average Bonchev–Trinajstić information content (AvgIpc) is 2.99. The molecule has 0 saturated heterocycles. The van der Waals surface area contributed by atoms with Crippen molar-refractivity contribution in [2.45, 2.75) is 50.2 Å². The third kappa shape index (κ3) is 9.23. The Morgan fingerprint density at radius 3 is 2.00 bits per heavy atom. The quantitative estimate of drug-likeness (QED) is 0.178. The number of carbonyl (C=O) groups is 2. The van der Waals surface area contributed by atoms with E-state index in [-0.39, 0.29) is 39.5 Å². The maximum absolute atomic E-state index is 14.5. The molecule has 0 unspecified atom stereocenters. The molecular weight excluding hydrogens is 653 g/mol. The van der Waals surface area contributed by atoms with Crippen molar-refractivity contribution in [1.29, 1.82) is 0 Å². The number of carbonyl (C=O) groups excluding carboxylic acids is 2. The van der Waals surface area contributed by atoms with Crippen LogP contribution in [-0.2, 0) is 32.6 Å². The summed E-state index contributed by atoms with van der Waals surface area (Å²) >= 11 is 18.7. The minimum atomic E-state index is -4.26. The number of nitrogens with one attached hydrogen (secondary N) is 1. The number of hydrogen-bond acceptors (Lipinski definition) is 4. The van der Waals surface area contributed by atoms with Crippen LogP contribution in [0.3, 0.4) is 0 Å². The maximum atomic E-state index is 14.5. The molecule has 11 heteroatoms. The van der Waals surface area contributed by atoms with Gasteiger partial charge in [0, 0.05) is 23.5 Å². The number of sulfonamides is 1. The maximum Gasteiger partial charge on any atom is 0.264 e. The number of benzene rings is 4. The lowest BCUT2D eigenvalue weighted by Gasteiger charge is -2.35. The van der Waals surface area contributed by atoms with E-state index >= 15 is 0 Å². The first-order chi connectivity index (χ1) is 21.2. The second-order valence-corrected chi connectivity index (χ2v) is 14.6. The molecule has 0 radical (unpaired) electrons. The van der Waals surface area contributed by atoms with Gasteiger partial charge < -0.3 is 10.2 Å². The molecule has 0 aliphatic heterocycles. The zero-order valence-corrected chi connectivity index (χ0v) is 28.2. The van der Waals surface area contributed by atoms with Crippen molar-refractivity contribution in [2.75, 3.05) is 10.8 Å². The largest absolute Gasteiger partial charge is 0.350 e. The predicted octanol–water partition coefficient (Wildman–Crippen LogP) is 7.40. The van der Waals surface area contributed by atoms with E-state index in [9.17, 15) is 18.0 Å². The first-order valence-electron chi connectivity index (χ1n) is 14.2. The van der Waals surface area contributed by atoms with Crippen molar-refractivity contribution >= 4 is 62.3 Å². The second-order valence-electron chi connectivity index (χ2n) is 11.5. The Morgan fingerprint density at radius 2 is 1.40 bits per heavy atom. The molecule has 0 saturated carbocycles. The molecule has 1 atom stereocenters. The Kier molecular flexibility index (Phi) is 11.2. The Bertz CT molecular complexity index is 1750.